The highest BCUT2D eigenvalue weighted by molar-refractivity contribution is 9.10. The molecule has 1 aliphatic carbocycles. The van der Waals surface area contributed by atoms with Gasteiger partial charge in [0.15, 0.2) is 11.5 Å². The molecule has 2 aliphatic heterocycles. The van der Waals surface area contributed by atoms with Crippen LogP contribution in [0.1, 0.15) is 30.9 Å². The van der Waals surface area contributed by atoms with Gasteiger partial charge in [0, 0.05) is 36.5 Å². The maximum absolute atomic E-state index is 12.0. The van der Waals surface area contributed by atoms with Gasteiger partial charge in [-0.05, 0) is 18.1 Å². The maximum atomic E-state index is 12.0. The number of rotatable bonds is 1. The summed E-state index contributed by atoms with van der Waals surface area (Å²) in [6.45, 7) is 2.82. The van der Waals surface area contributed by atoms with Gasteiger partial charge in [0.05, 0.1) is 18.6 Å². The number of hydrogen-bond acceptors (Lipinski definition) is 4. The zero-order valence-corrected chi connectivity index (χ0v) is 15.3. The fourth-order valence-electron chi connectivity index (χ4n) is 4.23. The highest BCUT2D eigenvalue weighted by Gasteiger charge is 2.53. The van der Waals surface area contributed by atoms with Crippen molar-refractivity contribution in [3.63, 3.8) is 0 Å². The third-order valence-electron chi connectivity index (χ3n) is 5.48. The van der Waals surface area contributed by atoms with Gasteiger partial charge in [-0.3, -0.25) is 4.79 Å². The standard InChI is InChI=1S/C18H20BrNO4/c1-10(21)20-6-5-18-4-3-11(22)7-15(18)24-17-14(23-2)8-13(19)12(9-20)16(17)18/h3-4,8,11,15,22H,5-7,9H2,1-2H3/t11?,15-,18?/m1/s1. The van der Waals surface area contributed by atoms with E-state index in [1.807, 2.05) is 17.0 Å². The molecule has 0 bridgehead atoms. The van der Waals surface area contributed by atoms with E-state index in [0.717, 1.165) is 27.8 Å². The first-order chi connectivity index (χ1) is 11.5. The van der Waals surface area contributed by atoms with Crippen molar-refractivity contribution in [2.24, 2.45) is 0 Å². The minimum Gasteiger partial charge on any atom is -0.493 e. The smallest absolute Gasteiger partial charge is 0.219 e. The van der Waals surface area contributed by atoms with Crippen LogP contribution in [0.25, 0.3) is 0 Å². The fourth-order valence-corrected chi connectivity index (χ4v) is 4.76. The monoisotopic (exact) mass is 393 g/mol. The van der Waals surface area contributed by atoms with Gasteiger partial charge in [0.1, 0.15) is 6.10 Å². The van der Waals surface area contributed by atoms with E-state index in [1.54, 1.807) is 14.0 Å². The van der Waals surface area contributed by atoms with Crippen LogP contribution in [0.2, 0.25) is 0 Å². The molecule has 0 fully saturated rings. The molecule has 0 radical (unpaired) electrons. The summed E-state index contributed by atoms with van der Waals surface area (Å²) < 4.78 is 12.7. The fraction of sp³-hybridized carbons (Fsp3) is 0.500. The molecule has 4 rings (SSSR count). The predicted octanol–water partition coefficient (Wildman–Crippen LogP) is 2.53. The highest BCUT2D eigenvalue weighted by Crippen LogP contribution is 2.57. The summed E-state index contributed by atoms with van der Waals surface area (Å²) in [7, 11) is 1.63. The number of methoxy groups -OCH3 is 1. The molecule has 1 N–H and O–H groups in total. The Morgan fingerprint density at radius 3 is 3.04 bits per heavy atom. The first-order valence-electron chi connectivity index (χ1n) is 8.15. The number of nitrogens with zero attached hydrogens (tertiary/aromatic N) is 1. The van der Waals surface area contributed by atoms with Gasteiger partial charge in [0.2, 0.25) is 5.91 Å². The highest BCUT2D eigenvalue weighted by atomic mass is 79.9. The second-order valence-electron chi connectivity index (χ2n) is 6.74. The van der Waals surface area contributed by atoms with Gasteiger partial charge in [-0.15, -0.1) is 0 Å². The lowest BCUT2D eigenvalue weighted by Crippen LogP contribution is -2.43. The van der Waals surface area contributed by atoms with E-state index >= 15 is 0 Å². The number of amides is 1. The average molecular weight is 394 g/mol. The minimum absolute atomic E-state index is 0.0696. The summed E-state index contributed by atoms with van der Waals surface area (Å²) in [5, 5.41) is 10.1. The van der Waals surface area contributed by atoms with Crippen LogP contribution in [0.3, 0.4) is 0 Å². The molecule has 0 saturated carbocycles. The van der Waals surface area contributed by atoms with Gasteiger partial charge in [-0.1, -0.05) is 28.1 Å². The van der Waals surface area contributed by atoms with Crippen LogP contribution in [-0.2, 0) is 16.8 Å². The molecular formula is C18H20BrNO4. The first-order valence-corrected chi connectivity index (χ1v) is 8.95. The van der Waals surface area contributed by atoms with Crippen molar-refractivity contribution in [3.8, 4) is 11.5 Å². The van der Waals surface area contributed by atoms with Gasteiger partial charge in [-0.25, -0.2) is 0 Å². The van der Waals surface area contributed by atoms with E-state index in [9.17, 15) is 9.90 Å². The van der Waals surface area contributed by atoms with E-state index in [0.29, 0.717) is 25.3 Å². The Morgan fingerprint density at radius 2 is 2.33 bits per heavy atom. The molecule has 2 heterocycles. The molecule has 2 unspecified atom stereocenters. The number of carbonyl (C=O) groups excluding carboxylic acids is 1. The summed E-state index contributed by atoms with van der Waals surface area (Å²) in [6.07, 6.45) is 4.62. The molecule has 24 heavy (non-hydrogen) atoms. The first kappa shape index (κ1) is 16.0. The molecule has 1 aromatic carbocycles. The van der Waals surface area contributed by atoms with E-state index in [-0.39, 0.29) is 17.4 Å². The SMILES string of the molecule is COc1cc(Br)c2c3c1O[C@@H]1CC(O)C=CC31CCN(C(C)=O)C2. The quantitative estimate of drug-likeness (QED) is 0.744. The molecule has 3 aliphatic rings. The van der Waals surface area contributed by atoms with Crippen LogP contribution in [0, 0.1) is 0 Å². The van der Waals surface area contributed by atoms with Gasteiger partial charge in [-0.2, -0.15) is 0 Å². The lowest BCUT2D eigenvalue weighted by Gasteiger charge is -2.35. The molecule has 6 heteroatoms. The van der Waals surface area contributed by atoms with Gasteiger partial charge >= 0.3 is 0 Å². The normalized spacial score (nSPS) is 30.2. The van der Waals surface area contributed by atoms with E-state index in [2.05, 4.69) is 22.0 Å². The Kier molecular flexibility index (Phi) is 3.65. The molecule has 1 spiro atoms. The topological polar surface area (TPSA) is 59.0 Å². The number of carbonyl (C=O) groups is 1. The largest absolute Gasteiger partial charge is 0.493 e. The van der Waals surface area contributed by atoms with Crippen LogP contribution >= 0.6 is 15.9 Å². The second-order valence-corrected chi connectivity index (χ2v) is 7.60. The number of aliphatic hydroxyl groups excluding tert-OH is 1. The molecule has 1 amide bonds. The molecule has 0 aromatic heterocycles. The molecule has 5 nitrogen and oxygen atoms in total. The summed E-state index contributed by atoms with van der Waals surface area (Å²) in [5.41, 5.74) is 1.86. The average Bonchev–Trinajstić information content (AvgIpc) is 2.76. The van der Waals surface area contributed by atoms with Gasteiger partial charge in [0.25, 0.3) is 0 Å². The lowest BCUT2D eigenvalue weighted by molar-refractivity contribution is -0.129. The zero-order valence-electron chi connectivity index (χ0n) is 13.7. The third kappa shape index (κ3) is 2.12. The van der Waals surface area contributed by atoms with Gasteiger partial charge < -0.3 is 19.5 Å². The van der Waals surface area contributed by atoms with Crippen LogP contribution < -0.4 is 9.47 Å². The Hall–Kier alpha value is -1.53. The zero-order chi connectivity index (χ0) is 17.1. The van der Waals surface area contributed by atoms with E-state index < -0.39 is 6.10 Å². The van der Waals surface area contributed by atoms with Crippen molar-refractivity contribution in [2.75, 3.05) is 13.7 Å². The maximum Gasteiger partial charge on any atom is 0.219 e. The molecule has 3 atom stereocenters. The Balaban J connectivity index is 1.97. The predicted molar refractivity (Wildman–Crippen MR) is 92.3 cm³/mol. The number of halogens is 1. The number of hydrogen-bond donors (Lipinski definition) is 1. The van der Waals surface area contributed by atoms with E-state index in [4.69, 9.17) is 9.47 Å². The van der Waals surface area contributed by atoms with Crippen LogP contribution in [0.15, 0.2) is 22.7 Å². The lowest BCUT2D eigenvalue weighted by atomic mass is 9.69. The Bertz CT molecular complexity index is 747. The third-order valence-corrected chi connectivity index (χ3v) is 6.19. The molecule has 1 aromatic rings. The van der Waals surface area contributed by atoms with Crippen molar-refractivity contribution in [1.29, 1.82) is 0 Å². The molecular weight excluding hydrogens is 374 g/mol. The summed E-state index contributed by atoms with van der Waals surface area (Å²) in [4.78, 5) is 13.9. The number of aliphatic hydroxyl groups is 1. The van der Waals surface area contributed by atoms with Crippen molar-refractivity contribution in [2.45, 2.75) is 43.9 Å². The molecule has 0 saturated heterocycles. The van der Waals surface area contributed by atoms with Crippen LogP contribution in [0.5, 0.6) is 11.5 Å². The van der Waals surface area contributed by atoms with Crippen LogP contribution in [-0.4, -0.2) is 41.8 Å². The van der Waals surface area contributed by atoms with Crippen molar-refractivity contribution < 1.29 is 19.4 Å². The Morgan fingerprint density at radius 1 is 1.54 bits per heavy atom. The van der Waals surface area contributed by atoms with E-state index in [1.165, 1.54) is 0 Å². The Labute approximate surface area is 149 Å². The number of benzene rings is 1. The molecule has 128 valence electrons. The minimum atomic E-state index is -0.500. The summed E-state index contributed by atoms with van der Waals surface area (Å²) >= 11 is 3.65. The van der Waals surface area contributed by atoms with Crippen molar-refractivity contribution >= 4 is 21.8 Å². The summed E-state index contributed by atoms with van der Waals surface area (Å²) in [5.74, 6) is 1.51. The van der Waals surface area contributed by atoms with Crippen molar-refractivity contribution in [1.82, 2.24) is 4.90 Å². The summed E-state index contributed by atoms with van der Waals surface area (Å²) in [6, 6.07) is 1.91. The van der Waals surface area contributed by atoms with Crippen molar-refractivity contribution in [3.05, 3.63) is 33.8 Å². The second kappa shape index (κ2) is 5.49. The van der Waals surface area contributed by atoms with Crippen LogP contribution in [0.4, 0.5) is 0 Å². The number of ether oxygens (including phenoxy) is 2.